The Balaban J connectivity index is 2.69. The Morgan fingerprint density at radius 1 is 1.00 bits per heavy atom. The van der Waals surface area contributed by atoms with Gasteiger partial charge in [-0.05, 0) is 39.0 Å². The highest BCUT2D eigenvalue weighted by Crippen LogP contribution is 1.75. The van der Waals surface area contributed by atoms with Gasteiger partial charge in [0.2, 0.25) is 0 Å². The van der Waals surface area contributed by atoms with Gasteiger partial charge in [-0.25, -0.2) is 0 Å². The molecule has 0 aromatic rings. The summed E-state index contributed by atoms with van der Waals surface area (Å²) in [5.74, 6) is 0. The molecular formula is C8H20N2O. The van der Waals surface area contributed by atoms with Gasteiger partial charge >= 0.3 is 0 Å². The summed E-state index contributed by atoms with van der Waals surface area (Å²) in [5, 5.41) is 14.9. The maximum atomic E-state index is 8.45. The minimum absolute atomic E-state index is 0.292. The van der Waals surface area contributed by atoms with Crippen LogP contribution in [0.25, 0.3) is 0 Å². The molecule has 68 valence electrons. The molecule has 11 heavy (non-hydrogen) atoms. The van der Waals surface area contributed by atoms with Crippen LogP contribution in [0.5, 0.6) is 0 Å². The second-order valence-electron chi connectivity index (χ2n) is 2.53. The molecule has 0 aliphatic carbocycles. The summed E-state index contributed by atoms with van der Waals surface area (Å²) in [6, 6.07) is 0. The van der Waals surface area contributed by atoms with Crippen molar-refractivity contribution in [1.82, 2.24) is 10.6 Å². The van der Waals surface area contributed by atoms with Crippen LogP contribution in [0.15, 0.2) is 0 Å². The van der Waals surface area contributed by atoms with Crippen molar-refractivity contribution in [1.29, 1.82) is 0 Å². The van der Waals surface area contributed by atoms with Crippen LogP contribution < -0.4 is 10.6 Å². The highest BCUT2D eigenvalue weighted by atomic mass is 16.3. The predicted molar refractivity (Wildman–Crippen MR) is 47.7 cm³/mol. The summed E-state index contributed by atoms with van der Waals surface area (Å²) in [4.78, 5) is 0. The molecule has 0 radical (unpaired) electrons. The van der Waals surface area contributed by atoms with Gasteiger partial charge in [-0.1, -0.05) is 6.92 Å². The van der Waals surface area contributed by atoms with E-state index in [1.807, 2.05) is 0 Å². The number of hydrogen-bond acceptors (Lipinski definition) is 3. The van der Waals surface area contributed by atoms with E-state index in [1.54, 1.807) is 0 Å². The molecule has 0 atom stereocenters. The second kappa shape index (κ2) is 9.88. The molecule has 0 aliphatic heterocycles. The van der Waals surface area contributed by atoms with Crippen LogP contribution in [0.4, 0.5) is 0 Å². The van der Waals surface area contributed by atoms with Gasteiger partial charge in [0.15, 0.2) is 0 Å². The second-order valence-corrected chi connectivity index (χ2v) is 2.53. The summed E-state index contributed by atoms with van der Waals surface area (Å²) in [5.41, 5.74) is 0. The van der Waals surface area contributed by atoms with Crippen molar-refractivity contribution >= 4 is 0 Å². The van der Waals surface area contributed by atoms with Crippen molar-refractivity contribution in [3.05, 3.63) is 0 Å². The zero-order chi connectivity index (χ0) is 8.36. The van der Waals surface area contributed by atoms with Crippen molar-refractivity contribution < 1.29 is 5.11 Å². The van der Waals surface area contributed by atoms with Crippen LogP contribution in [-0.2, 0) is 0 Å². The maximum absolute atomic E-state index is 8.45. The molecule has 0 spiro atoms. The van der Waals surface area contributed by atoms with Crippen LogP contribution in [0, 0.1) is 0 Å². The molecule has 3 N–H and O–H groups in total. The van der Waals surface area contributed by atoms with E-state index in [-0.39, 0.29) is 0 Å². The van der Waals surface area contributed by atoms with Crippen molar-refractivity contribution in [2.24, 2.45) is 0 Å². The molecule has 0 aromatic heterocycles. The third-order valence-electron chi connectivity index (χ3n) is 1.47. The average molecular weight is 160 g/mol. The monoisotopic (exact) mass is 160 g/mol. The van der Waals surface area contributed by atoms with E-state index in [2.05, 4.69) is 17.6 Å². The van der Waals surface area contributed by atoms with Gasteiger partial charge in [-0.2, -0.15) is 0 Å². The van der Waals surface area contributed by atoms with E-state index >= 15 is 0 Å². The molecular weight excluding hydrogens is 140 g/mol. The number of rotatable bonds is 8. The Labute approximate surface area is 69.2 Å². The quantitative estimate of drug-likeness (QED) is 0.436. The lowest BCUT2D eigenvalue weighted by Gasteiger charge is -2.03. The van der Waals surface area contributed by atoms with Crippen LogP contribution >= 0.6 is 0 Å². The summed E-state index contributed by atoms with van der Waals surface area (Å²) < 4.78 is 0. The van der Waals surface area contributed by atoms with Gasteiger partial charge in [0, 0.05) is 6.61 Å². The topological polar surface area (TPSA) is 44.3 Å². The minimum atomic E-state index is 0.292. The Morgan fingerprint density at radius 2 is 1.64 bits per heavy atom. The van der Waals surface area contributed by atoms with Gasteiger partial charge in [0.05, 0.1) is 0 Å². The smallest absolute Gasteiger partial charge is 0.0443 e. The summed E-state index contributed by atoms with van der Waals surface area (Å²) in [7, 11) is 0. The maximum Gasteiger partial charge on any atom is 0.0443 e. The van der Waals surface area contributed by atoms with Gasteiger partial charge in [0.25, 0.3) is 0 Å². The molecule has 0 saturated heterocycles. The van der Waals surface area contributed by atoms with Crippen LogP contribution in [0.1, 0.15) is 19.8 Å². The molecule has 0 unspecified atom stereocenters. The standard InChI is InChI=1S/C8H20N2O/c1-2-9-5-3-6-10-7-4-8-11/h9-11H,2-8H2,1H3. The first kappa shape index (κ1) is 10.9. The van der Waals surface area contributed by atoms with Crippen LogP contribution in [0.2, 0.25) is 0 Å². The molecule has 3 heteroatoms. The third kappa shape index (κ3) is 9.88. The van der Waals surface area contributed by atoms with E-state index < -0.39 is 0 Å². The predicted octanol–water partition coefficient (Wildman–Crippen LogP) is -0.0420. The van der Waals surface area contributed by atoms with Gasteiger partial charge in [-0.3, -0.25) is 0 Å². The van der Waals surface area contributed by atoms with Gasteiger partial charge < -0.3 is 15.7 Å². The molecule has 0 aromatic carbocycles. The Morgan fingerprint density at radius 3 is 2.27 bits per heavy atom. The zero-order valence-electron chi connectivity index (χ0n) is 7.40. The van der Waals surface area contributed by atoms with Gasteiger partial charge in [0.1, 0.15) is 0 Å². The van der Waals surface area contributed by atoms with Gasteiger partial charge in [-0.15, -0.1) is 0 Å². The number of aliphatic hydroxyl groups excluding tert-OH is 1. The molecule has 0 bridgehead atoms. The minimum Gasteiger partial charge on any atom is -0.396 e. The number of aliphatic hydroxyl groups is 1. The Bertz CT molecular complexity index is 61.1. The van der Waals surface area contributed by atoms with Crippen molar-refractivity contribution in [3.8, 4) is 0 Å². The first-order valence-electron chi connectivity index (χ1n) is 4.44. The van der Waals surface area contributed by atoms with E-state index in [1.165, 1.54) is 6.42 Å². The molecule has 0 amide bonds. The highest BCUT2D eigenvalue weighted by Gasteiger charge is 1.86. The first-order valence-corrected chi connectivity index (χ1v) is 4.44. The fraction of sp³-hybridized carbons (Fsp3) is 1.00. The van der Waals surface area contributed by atoms with Crippen LogP contribution in [-0.4, -0.2) is 37.9 Å². The largest absolute Gasteiger partial charge is 0.396 e. The lowest BCUT2D eigenvalue weighted by Crippen LogP contribution is -2.22. The van der Waals surface area contributed by atoms with E-state index in [0.717, 1.165) is 32.6 Å². The molecule has 0 fully saturated rings. The summed E-state index contributed by atoms with van der Waals surface area (Å²) in [6.45, 7) is 6.52. The first-order chi connectivity index (χ1) is 5.41. The zero-order valence-corrected chi connectivity index (χ0v) is 7.40. The molecule has 0 aliphatic rings. The van der Waals surface area contributed by atoms with E-state index in [9.17, 15) is 0 Å². The molecule has 0 heterocycles. The normalized spacial score (nSPS) is 10.4. The van der Waals surface area contributed by atoms with Crippen molar-refractivity contribution in [2.75, 3.05) is 32.8 Å². The number of hydrogen-bond donors (Lipinski definition) is 3. The average Bonchev–Trinajstić information content (AvgIpc) is 2.03. The van der Waals surface area contributed by atoms with E-state index in [4.69, 9.17) is 5.11 Å². The highest BCUT2D eigenvalue weighted by molar-refractivity contribution is 4.49. The summed E-state index contributed by atoms with van der Waals surface area (Å²) >= 11 is 0. The SMILES string of the molecule is CCNCCCNCCCO. The van der Waals surface area contributed by atoms with E-state index in [0.29, 0.717) is 6.61 Å². The van der Waals surface area contributed by atoms with Crippen molar-refractivity contribution in [3.63, 3.8) is 0 Å². The lowest BCUT2D eigenvalue weighted by atomic mass is 10.4. The molecule has 0 rings (SSSR count). The fourth-order valence-corrected chi connectivity index (χ4v) is 0.844. The third-order valence-corrected chi connectivity index (χ3v) is 1.47. The Kier molecular flexibility index (Phi) is 9.77. The lowest BCUT2D eigenvalue weighted by molar-refractivity contribution is 0.286. The molecule has 0 saturated carbocycles. The summed E-state index contributed by atoms with van der Waals surface area (Å²) in [6.07, 6.45) is 2.03. The van der Waals surface area contributed by atoms with Crippen molar-refractivity contribution in [2.45, 2.75) is 19.8 Å². The molecule has 3 nitrogen and oxygen atoms in total. The Hall–Kier alpha value is -0.120. The fourth-order valence-electron chi connectivity index (χ4n) is 0.844. The van der Waals surface area contributed by atoms with Crippen LogP contribution in [0.3, 0.4) is 0 Å². The number of nitrogens with one attached hydrogen (secondary N) is 2.